The molecule has 268 valence electrons. The molecule has 1 aromatic carbocycles. The van der Waals surface area contributed by atoms with E-state index in [0.717, 1.165) is 31.2 Å². The number of carbonyl (C=O) groups excluding carboxylic acids is 4. The Morgan fingerprint density at radius 1 is 1.02 bits per heavy atom. The second-order valence-electron chi connectivity index (χ2n) is 14.4. The molecule has 1 aromatic heterocycles. The van der Waals surface area contributed by atoms with E-state index in [9.17, 15) is 19.2 Å². The Hall–Kier alpha value is -3.11. The molecule has 1 N–H and O–H groups in total. The third-order valence-electron chi connectivity index (χ3n) is 9.84. The van der Waals surface area contributed by atoms with Crippen LogP contribution in [0.2, 0.25) is 0 Å². The minimum Gasteiger partial charge on any atom is -0.455 e. The molecule has 0 radical (unpaired) electrons. The molecule has 0 aliphatic heterocycles. The number of nitrogens with one attached hydrogen (secondary N) is 1. The molecule has 0 bridgehead atoms. The van der Waals surface area contributed by atoms with Crippen LogP contribution in [0.15, 0.2) is 29.6 Å². The first-order valence-electron chi connectivity index (χ1n) is 17.4. The van der Waals surface area contributed by atoms with Gasteiger partial charge >= 0.3 is 5.97 Å². The molecule has 0 spiro atoms. The minimum atomic E-state index is -0.743. The number of amides is 2. The van der Waals surface area contributed by atoms with Crippen molar-refractivity contribution >= 4 is 34.9 Å². The lowest BCUT2D eigenvalue weighted by Gasteiger charge is -2.38. The van der Waals surface area contributed by atoms with E-state index in [2.05, 4.69) is 48.4 Å². The van der Waals surface area contributed by atoms with E-state index in [1.165, 1.54) is 23.8 Å². The number of benzene rings is 1. The summed E-state index contributed by atoms with van der Waals surface area (Å²) >= 11 is 1.27. The summed E-state index contributed by atoms with van der Waals surface area (Å²) in [5.41, 5.74) is 1.93. The minimum absolute atomic E-state index is 0.00140. The molecule has 2 aromatic rings. The van der Waals surface area contributed by atoms with Crippen molar-refractivity contribution in [3.05, 3.63) is 51.5 Å². The lowest BCUT2D eigenvalue weighted by atomic mass is 9.81. The van der Waals surface area contributed by atoms with E-state index >= 15 is 0 Å². The summed E-state index contributed by atoms with van der Waals surface area (Å²) in [4.78, 5) is 61.5. The topological polar surface area (TPSA) is 109 Å². The summed E-state index contributed by atoms with van der Waals surface area (Å²) in [6.45, 7) is 17.4. The molecule has 10 heteroatoms. The van der Waals surface area contributed by atoms with Crippen LogP contribution in [-0.4, -0.2) is 77.1 Å². The number of likely N-dealkylation sites (N-methyl/N-ethyl adjacent to an activating group) is 1. The van der Waals surface area contributed by atoms with Gasteiger partial charge in [0.15, 0.2) is 11.9 Å². The molecule has 9 nitrogen and oxygen atoms in total. The van der Waals surface area contributed by atoms with Crippen LogP contribution in [-0.2, 0) is 25.5 Å². The zero-order valence-electron chi connectivity index (χ0n) is 31.4. The number of rotatable bonds is 19. The van der Waals surface area contributed by atoms with Gasteiger partial charge in [-0.2, -0.15) is 0 Å². The SMILES string of the molecule is CCC[C@H](Cc1ccc(C)cc1)NC(=O)c1csc([C@@H](C[C@H](C(C)C)N(C)C(=O)[C@@H](CC(=O)C(C)(C)N(C)C)[C@@H](C)CC)OC(C)=O)n1. The van der Waals surface area contributed by atoms with E-state index in [1.807, 2.05) is 60.5 Å². The Morgan fingerprint density at radius 2 is 1.65 bits per heavy atom. The molecule has 0 aliphatic rings. The van der Waals surface area contributed by atoms with Crippen LogP contribution in [0.25, 0.3) is 0 Å². The molecule has 48 heavy (non-hydrogen) atoms. The predicted molar refractivity (Wildman–Crippen MR) is 194 cm³/mol. The van der Waals surface area contributed by atoms with Gasteiger partial charge in [0, 0.05) is 50.2 Å². The quantitative estimate of drug-likeness (QED) is 0.158. The Bertz CT molecular complexity index is 1350. The number of aryl methyl sites for hydroxylation is 1. The molecular formula is C38H60N4O5S. The lowest BCUT2D eigenvalue weighted by Crippen LogP contribution is -2.50. The molecule has 0 fully saturated rings. The third-order valence-corrected chi connectivity index (χ3v) is 10.8. The second-order valence-corrected chi connectivity index (χ2v) is 15.3. The number of carbonyl (C=O) groups is 4. The molecule has 0 unspecified atom stereocenters. The molecular weight excluding hydrogens is 625 g/mol. The third kappa shape index (κ3) is 11.5. The first kappa shape index (κ1) is 41.1. The summed E-state index contributed by atoms with van der Waals surface area (Å²) in [6.07, 6.45) is 2.96. The van der Waals surface area contributed by atoms with Crippen LogP contribution in [0.5, 0.6) is 0 Å². The largest absolute Gasteiger partial charge is 0.455 e. The van der Waals surface area contributed by atoms with Gasteiger partial charge in [-0.05, 0) is 65.1 Å². The van der Waals surface area contributed by atoms with E-state index in [-0.39, 0.29) is 53.6 Å². The summed E-state index contributed by atoms with van der Waals surface area (Å²) in [5, 5.41) is 5.37. The number of thiazole rings is 1. The van der Waals surface area contributed by atoms with Crippen LogP contribution in [0, 0.1) is 24.7 Å². The highest BCUT2D eigenvalue weighted by Crippen LogP contribution is 2.33. The van der Waals surface area contributed by atoms with Gasteiger partial charge in [-0.25, -0.2) is 4.98 Å². The Morgan fingerprint density at radius 3 is 2.17 bits per heavy atom. The maximum Gasteiger partial charge on any atom is 0.303 e. The van der Waals surface area contributed by atoms with Crippen LogP contribution < -0.4 is 5.32 Å². The fourth-order valence-corrected chi connectivity index (χ4v) is 6.66. The van der Waals surface area contributed by atoms with Crippen molar-refractivity contribution in [2.75, 3.05) is 21.1 Å². The summed E-state index contributed by atoms with van der Waals surface area (Å²) in [5.74, 6) is -1.27. The Labute approximate surface area is 293 Å². The maximum absolute atomic E-state index is 14.1. The molecule has 0 saturated carbocycles. The molecule has 0 aliphatic carbocycles. The molecule has 1 heterocycles. The van der Waals surface area contributed by atoms with Crippen LogP contribution in [0.1, 0.15) is 120 Å². The van der Waals surface area contributed by atoms with Crippen molar-refractivity contribution in [2.24, 2.45) is 17.8 Å². The summed E-state index contributed by atoms with van der Waals surface area (Å²) < 4.78 is 5.79. The highest BCUT2D eigenvalue weighted by Gasteiger charge is 2.39. The fourth-order valence-electron chi connectivity index (χ4n) is 5.82. The van der Waals surface area contributed by atoms with Gasteiger partial charge in [0.25, 0.3) is 5.91 Å². The van der Waals surface area contributed by atoms with Crippen molar-refractivity contribution in [3.63, 3.8) is 0 Å². The Kier molecular flexibility index (Phi) is 15.9. The molecule has 0 saturated heterocycles. The molecule has 5 atom stereocenters. The van der Waals surface area contributed by atoms with Gasteiger partial charge in [-0.1, -0.05) is 77.3 Å². The Balaban J connectivity index is 2.30. The van der Waals surface area contributed by atoms with Crippen molar-refractivity contribution < 1.29 is 23.9 Å². The lowest BCUT2D eigenvalue weighted by molar-refractivity contribution is -0.149. The summed E-state index contributed by atoms with van der Waals surface area (Å²) in [6, 6.07) is 7.99. The van der Waals surface area contributed by atoms with Gasteiger partial charge < -0.3 is 15.0 Å². The normalized spacial score (nSPS) is 15.0. The number of esters is 1. The van der Waals surface area contributed by atoms with E-state index in [4.69, 9.17) is 4.74 Å². The number of ketones is 1. The van der Waals surface area contributed by atoms with Gasteiger partial charge in [-0.15, -0.1) is 11.3 Å². The van der Waals surface area contributed by atoms with E-state index in [0.29, 0.717) is 11.4 Å². The second kappa shape index (κ2) is 18.6. The van der Waals surface area contributed by atoms with Crippen molar-refractivity contribution in [2.45, 2.75) is 125 Å². The number of hydrogen-bond donors (Lipinski definition) is 1. The number of Topliss-reactive ketones (excluding diaryl/α,β-unsaturated/α-hetero) is 1. The molecule has 2 amide bonds. The van der Waals surface area contributed by atoms with E-state index < -0.39 is 23.5 Å². The van der Waals surface area contributed by atoms with Gasteiger partial charge in [0.2, 0.25) is 5.91 Å². The predicted octanol–water partition coefficient (Wildman–Crippen LogP) is 7.03. The maximum atomic E-state index is 14.1. The van der Waals surface area contributed by atoms with Gasteiger partial charge in [-0.3, -0.25) is 24.1 Å². The zero-order valence-corrected chi connectivity index (χ0v) is 32.2. The first-order chi connectivity index (χ1) is 22.4. The van der Waals surface area contributed by atoms with Crippen molar-refractivity contribution in [3.8, 4) is 0 Å². The molecule has 2 rings (SSSR count). The number of ether oxygens (including phenoxy) is 1. The summed E-state index contributed by atoms with van der Waals surface area (Å²) in [7, 11) is 5.52. The zero-order chi connectivity index (χ0) is 36.3. The van der Waals surface area contributed by atoms with Crippen LogP contribution in [0.4, 0.5) is 0 Å². The standard InChI is InChI=1S/C38H60N4O5S/c1-13-15-29(20-28-18-16-25(5)17-19-28)39-35(45)31-23-48-36(40-31)33(47-27(7)43)22-32(24(3)4)42(12)37(46)30(26(6)14-2)21-34(44)38(8,9)41(10)11/h16-19,23-24,26,29-30,32-33H,13-15,20-22H2,1-12H3,(H,39,45)/t26-,29+,30-,32+,33+/m0/s1. The fraction of sp³-hybridized carbons (Fsp3) is 0.658. The highest BCUT2D eigenvalue weighted by atomic mass is 32.1. The number of aromatic nitrogens is 1. The van der Waals surface area contributed by atoms with Gasteiger partial charge in [0.1, 0.15) is 10.7 Å². The highest BCUT2D eigenvalue weighted by molar-refractivity contribution is 7.09. The first-order valence-corrected chi connectivity index (χ1v) is 18.3. The van der Waals surface area contributed by atoms with Crippen LogP contribution >= 0.6 is 11.3 Å². The average Bonchev–Trinajstić information content (AvgIpc) is 3.52. The van der Waals surface area contributed by atoms with E-state index in [1.54, 1.807) is 17.3 Å². The van der Waals surface area contributed by atoms with Crippen molar-refractivity contribution in [1.29, 1.82) is 0 Å². The van der Waals surface area contributed by atoms with Crippen LogP contribution in [0.3, 0.4) is 0 Å². The van der Waals surface area contributed by atoms with Crippen molar-refractivity contribution in [1.82, 2.24) is 20.1 Å². The average molecular weight is 685 g/mol. The number of hydrogen-bond acceptors (Lipinski definition) is 8. The van der Waals surface area contributed by atoms with Gasteiger partial charge in [0.05, 0.1) is 5.54 Å². The monoisotopic (exact) mass is 684 g/mol. The smallest absolute Gasteiger partial charge is 0.303 e. The number of nitrogens with zero attached hydrogens (tertiary/aromatic N) is 3.